The van der Waals surface area contributed by atoms with Crippen LogP contribution >= 0.6 is 0 Å². The molecule has 0 amide bonds. The first kappa shape index (κ1) is 57.0. The molecule has 1 unspecified atom stereocenters. The van der Waals surface area contributed by atoms with Crippen LogP contribution in [0.2, 0.25) is 0 Å². The van der Waals surface area contributed by atoms with E-state index >= 15 is 0 Å². The van der Waals surface area contributed by atoms with E-state index < -0.39 is 5.97 Å². The highest BCUT2D eigenvalue weighted by Gasteiger charge is 2.14. The van der Waals surface area contributed by atoms with Crippen molar-refractivity contribution in [2.45, 2.75) is 323 Å². The molecule has 0 aromatic heterocycles. The number of rotatable bonds is 46. The number of esters is 1. The van der Waals surface area contributed by atoms with Crippen molar-refractivity contribution in [1.29, 1.82) is 0 Å². The van der Waals surface area contributed by atoms with Gasteiger partial charge >= 0.3 is 11.9 Å². The minimum atomic E-state index is -0.653. The summed E-state index contributed by atoms with van der Waals surface area (Å²) in [6, 6.07) is 0. The molecule has 0 spiro atoms. The minimum Gasteiger partial charge on any atom is -0.481 e. The van der Waals surface area contributed by atoms with Gasteiger partial charge in [-0.2, -0.15) is 0 Å². The smallest absolute Gasteiger partial charge is 0.306 e. The third kappa shape index (κ3) is 52.9. The fourth-order valence-corrected chi connectivity index (χ4v) is 7.92. The second-order valence-electron chi connectivity index (χ2n) is 17.7. The van der Waals surface area contributed by atoms with Gasteiger partial charge < -0.3 is 9.84 Å². The molecule has 56 heavy (non-hydrogen) atoms. The minimum absolute atomic E-state index is 0.0674. The molecule has 4 heteroatoms. The number of carboxylic acids is 1. The predicted molar refractivity (Wildman–Crippen MR) is 248 cm³/mol. The molecule has 4 nitrogen and oxygen atoms in total. The number of ether oxygens (including phenoxy) is 1. The van der Waals surface area contributed by atoms with Crippen LogP contribution in [0.25, 0.3) is 0 Å². The molecule has 0 aromatic rings. The quantitative estimate of drug-likeness (QED) is 0.0492. The molecule has 0 saturated carbocycles. The van der Waals surface area contributed by atoms with Crippen LogP contribution in [0.5, 0.6) is 0 Å². The summed E-state index contributed by atoms with van der Waals surface area (Å²) < 4.78 is 6.00. The Labute approximate surface area is 353 Å². The van der Waals surface area contributed by atoms with E-state index in [9.17, 15) is 9.59 Å². The lowest BCUT2D eigenvalue weighted by Crippen LogP contribution is -2.18. The van der Waals surface area contributed by atoms with Gasteiger partial charge in [0.25, 0.3) is 0 Å². The van der Waals surface area contributed by atoms with Crippen LogP contribution in [0.15, 0.2) is 0 Å². The molecule has 336 valence electrons. The topological polar surface area (TPSA) is 63.6 Å². The Balaban J connectivity index is 0. The molecule has 0 aromatic carbocycles. The van der Waals surface area contributed by atoms with Gasteiger partial charge in [-0.3, -0.25) is 9.59 Å². The summed E-state index contributed by atoms with van der Waals surface area (Å²) in [7, 11) is 0. The van der Waals surface area contributed by atoms with Gasteiger partial charge in [-0.15, -0.1) is 0 Å². The zero-order chi connectivity index (χ0) is 41.3. The summed E-state index contributed by atoms with van der Waals surface area (Å²) in [6.45, 7) is 9.11. The molecule has 0 bridgehead atoms. The number of carbonyl (C=O) groups is 2. The normalized spacial score (nSPS) is 11.7. The molecule has 0 heterocycles. The summed E-state index contributed by atoms with van der Waals surface area (Å²) in [5.74, 6) is -0.586. The van der Waals surface area contributed by atoms with E-state index in [4.69, 9.17) is 9.84 Å². The lowest BCUT2D eigenvalue weighted by Gasteiger charge is -2.18. The molecule has 0 rings (SSSR count). The van der Waals surface area contributed by atoms with Crippen LogP contribution in [0, 0.1) is 0 Å². The van der Waals surface area contributed by atoms with Gasteiger partial charge in [0.2, 0.25) is 0 Å². The van der Waals surface area contributed by atoms with Crippen LogP contribution in [0.1, 0.15) is 317 Å². The molecule has 1 N–H and O–H groups in total. The Morgan fingerprint density at radius 2 is 0.536 bits per heavy atom. The predicted octanol–water partition coefficient (Wildman–Crippen LogP) is 18.6. The maximum Gasteiger partial charge on any atom is 0.306 e. The summed E-state index contributed by atoms with van der Waals surface area (Å²) in [6.07, 6.45) is 57.8. The summed E-state index contributed by atoms with van der Waals surface area (Å²) in [5, 5.41) is 8.52. The number of aliphatic carboxylic acids is 1. The zero-order valence-electron chi connectivity index (χ0n) is 39.1. The summed E-state index contributed by atoms with van der Waals surface area (Å²) in [4.78, 5) is 22.9. The Kier molecular flexibility index (Phi) is 52.9. The first-order chi connectivity index (χ1) is 27.5. The van der Waals surface area contributed by atoms with E-state index in [1.54, 1.807) is 0 Å². The highest BCUT2D eigenvalue weighted by Crippen LogP contribution is 2.19. The average molecular weight is 793 g/mol. The third-order valence-corrected chi connectivity index (χ3v) is 11.8. The van der Waals surface area contributed by atoms with Gasteiger partial charge in [-0.05, 0) is 38.5 Å². The summed E-state index contributed by atoms with van der Waals surface area (Å²) in [5.41, 5.74) is 0. The van der Waals surface area contributed by atoms with E-state index in [1.165, 1.54) is 244 Å². The van der Waals surface area contributed by atoms with E-state index in [2.05, 4.69) is 27.7 Å². The SMILES string of the molecule is CCCCCCCCCCCCCC(=O)OC(CCCCCCCC)CCCCCCCCCCC.CCCCCCCCCCCCCCCCCC(=O)O. The summed E-state index contributed by atoms with van der Waals surface area (Å²) >= 11 is 0. The van der Waals surface area contributed by atoms with Crippen LogP contribution in [-0.2, 0) is 14.3 Å². The first-order valence-corrected chi connectivity index (χ1v) is 25.9. The Morgan fingerprint density at radius 3 is 0.786 bits per heavy atom. The first-order valence-electron chi connectivity index (χ1n) is 25.9. The van der Waals surface area contributed by atoms with Gasteiger partial charge in [0, 0.05) is 12.8 Å². The monoisotopic (exact) mass is 793 g/mol. The molecule has 1 atom stereocenters. The number of hydrogen-bond acceptors (Lipinski definition) is 3. The van der Waals surface area contributed by atoms with Crippen LogP contribution in [0.3, 0.4) is 0 Å². The zero-order valence-corrected chi connectivity index (χ0v) is 39.1. The third-order valence-electron chi connectivity index (χ3n) is 11.8. The van der Waals surface area contributed by atoms with Crippen molar-refractivity contribution in [2.75, 3.05) is 0 Å². The number of hydrogen-bond donors (Lipinski definition) is 1. The fraction of sp³-hybridized carbons (Fsp3) is 0.962. The van der Waals surface area contributed by atoms with Crippen LogP contribution in [0.4, 0.5) is 0 Å². The molecular weight excluding hydrogens is 689 g/mol. The average Bonchev–Trinajstić information content (AvgIpc) is 3.19. The molecule has 0 aliphatic carbocycles. The van der Waals surface area contributed by atoms with Gasteiger partial charge in [-0.1, -0.05) is 265 Å². The van der Waals surface area contributed by atoms with Crippen molar-refractivity contribution in [1.82, 2.24) is 0 Å². The van der Waals surface area contributed by atoms with Gasteiger partial charge in [0.15, 0.2) is 0 Å². The van der Waals surface area contributed by atoms with Crippen LogP contribution in [-0.4, -0.2) is 23.1 Å². The largest absolute Gasteiger partial charge is 0.481 e. The molecule has 0 radical (unpaired) electrons. The second-order valence-corrected chi connectivity index (χ2v) is 17.7. The van der Waals surface area contributed by atoms with Gasteiger partial charge in [0.05, 0.1) is 0 Å². The van der Waals surface area contributed by atoms with Crippen molar-refractivity contribution < 1.29 is 19.4 Å². The highest BCUT2D eigenvalue weighted by molar-refractivity contribution is 5.69. The number of unbranched alkanes of at least 4 members (excludes halogenated alkanes) is 37. The molecular formula is C52H104O4. The number of carbonyl (C=O) groups excluding carboxylic acids is 1. The molecule has 0 aliphatic rings. The maximum atomic E-state index is 12.5. The van der Waals surface area contributed by atoms with Crippen molar-refractivity contribution in [2.24, 2.45) is 0 Å². The molecule has 0 saturated heterocycles. The molecule has 0 aliphatic heterocycles. The number of carboxylic acid groups (broad SMARTS) is 1. The van der Waals surface area contributed by atoms with Gasteiger partial charge in [0.1, 0.15) is 6.10 Å². The standard InChI is InChI=1S/C34H68O2.C18H36O2/c1-4-7-10-13-16-18-19-21-23-26-29-32-34(35)36-33(30-27-24-15-12-9-6-3)31-28-25-22-20-17-14-11-8-5-2;1-2-3-4-5-6-7-8-9-10-11-12-13-14-15-16-17-18(19)20/h33H,4-32H2,1-3H3;2-17H2,1H3,(H,19,20). The van der Waals surface area contributed by atoms with Crippen molar-refractivity contribution in [3.8, 4) is 0 Å². The Morgan fingerprint density at radius 1 is 0.321 bits per heavy atom. The lowest BCUT2D eigenvalue weighted by molar-refractivity contribution is -0.150. The Hall–Kier alpha value is -1.06. The Bertz CT molecular complexity index is 736. The van der Waals surface area contributed by atoms with E-state index in [0.717, 1.165) is 32.1 Å². The molecule has 0 fully saturated rings. The lowest BCUT2D eigenvalue weighted by atomic mass is 10.0. The van der Waals surface area contributed by atoms with Crippen molar-refractivity contribution in [3.63, 3.8) is 0 Å². The van der Waals surface area contributed by atoms with E-state index in [-0.39, 0.29) is 12.1 Å². The van der Waals surface area contributed by atoms with Gasteiger partial charge in [-0.25, -0.2) is 0 Å². The van der Waals surface area contributed by atoms with E-state index in [1.807, 2.05) is 0 Å². The highest BCUT2D eigenvalue weighted by atomic mass is 16.5. The fourth-order valence-electron chi connectivity index (χ4n) is 7.92. The van der Waals surface area contributed by atoms with Crippen molar-refractivity contribution in [3.05, 3.63) is 0 Å². The van der Waals surface area contributed by atoms with E-state index in [0.29, 0.717) is 12.8 Å². The van der Waals surface area contributed by atoms with Crippen LogP contribution < -0.4 is 0 Å². The van der Waals surface area contributed by atoms with Crippen molar-refractivity contribution >= 4 is 11.9 Å². The maximum absolute atomic E-state index is 12.5. The second kappa shape index (κ2) is 52.0.